The molecule has 3 nitrogen and oxygen atoms in total. The SMILES string of the molecule is CC(C(=O)OC(=O)CCc1ccccc1)c1ccccc1. The molecular weight excluding hydrogens is 264 g/mol. The fraction of sp³-hybridized carbons (Fsp3) is 0.222. The van der Waals surface area contributed by atoms with Gasteiger partial charge in [-0.15, -0.1) is 0 Å². The van der Waals surface area contributed by atoms with Crippen molar-refractivity contribution in [1.82, 2.24) is 0 Å². The Kier molecular flexibility index (Phi) is 5.27. The number of hydrogen-bond acceptors (Lipinski definition) is 3. The van der Waals surface area contributed by atoms with Gasteiger partial charge in [-0.2, -0.15) is 0 Å². The third kappa shape index (κ3) is 4.56. The molecule has 21 heavy (non-hydrogen) atoms. The van der Waals surface area contributed by atoms with Crippen LogP contribution in [0.4, 0.5) is 0 Å². The summed E-state index contributed by atoms with van der Waals surface area (Å²) in [5.74, 6) is -1.42. The Morgan fingerprint density at radius 2 is 1.52 bits per heavy atom. The maximum atomic E-state index is 11.9. The predicted molar refractivity (Wildman–Crippen MR) is 80.7 cm³/mol. The van der Waals surface area contributed by atoms with Crippen LogP contribution < -0.4 is 0 Å². The zero-order valence-electron chi connectivity index (χ0n) is 12.0. The average molecular weight is 282 g/mol. The van der Waals surface area contributed by atoms with Crippen LogP contribution in [-0.2, 0) is 20.7 Å². The van der Waals surface area contributed by atoms with Crippen molar-refractivity contribution in [2.75, 3.05) is 0 Å². The Labute approximate surface area is 124 Å². The van der Waals surface area contributed by atoms with Gasteiger partial charge in [-0.05, 0) is 24.5 Å². The van der Waals surface area contributed by atoms with Crippen LogP contribution in [0.5, 0.6) is 0 Å². The molecule has 0 aliphatic heterocycles. The Bertz CT molecular complexity index is 590. The van der Waals surface area contributed by atoms with Gasteiger partial charge in [0.15, 0.2) is 0 Å². The zero-order valence-corrected chi connectivity index (χ0v) is 12.0. The van der Waals surface area contributed by atoms with Gasteiger partial charge in [0, 0.05) is 0 Å². The summed E-state index contributed by atoms with van der Waals surface area (Å²) in [5, 5.41) is 0. The summed E-state index contributed by atoms with van der Waals surface area (Å²) in [6.45, 7) is 1.74. The van der Waals surface area contributed by atoms with Crippen molar-refractivity contribution in [2.45, 2.75) is 25.7 Å². The number of rotatable bonds is 5. The summed E-state index contributed by atoms with van der Waals surface area (Å²) in [7, 11) is 0. The summed E-state index contributed by atoms with van der Waals surface area (Å²) in [5.41, 5.74) is 1.90. The smallest absolute Gasteiger partial charge is 0.320 e. The lowest BCUT2D eigenvalue weighted by molar-refractivity contribution is -0.160. The van der Waals surface area contributed by atoms with Crippen LogP contribution >= 0.6 is 0 Å². The lowest BCUT2D eigenvalue weighted by Crippen LogP contribution is -2.18. The molecule has 0 heterocycles. The van der Waals surface area contributed by atoms with E-state index >= 15 is 0 Å². The third-order valence-electron chi connectivity index (χ3n) is 3.33. The summed E-state index contributed by atoms with van der Waals surface area (Å²) in [6.07, 6.45) is 0.782. The van der Waals surface area contributed by atoms with Gasteiger partial charge in [0.2, 0.25) is 0 Å². The van der Waals surface area contributed by atoms with Crippen molar-refractivity contribution in [1.29, 1.82) is 0 Å². The van der Waals surface area contributed by atoms with Gasteiger partial charge in [0.05, 0.1) is 12.3 Å². The molecule has 0 aliphatic rings. The molecule has 2 aromatic rings. The summed E-state index contributed by atoms with van der Waals surface area (Å²) < 4.78 is 4.91. The van der Waals surface area contributed by atoms with Crippen molar-refractivity contribution >= 4 is 11.9 Å². The van der Waals surface area contributed by atoms with E-state index in [4.69, 9.17) is 4.74 Å². The van der Waals surface area contributed by atoms with E-state index in [-0.39, 0.29) is 6.42 Å². The average Bonchev–Trinajstić information content (AvgIpc) is 2.54. The van der Waals surface area contributed by atoms with Crippen LogP contribution in [0, 0.1) is 0 Å². The minimum absolute atomic E-state index is 0.206. The molecule has 108 valence electrons. The Hall–Kier alpha value is -2.42. The first-order chi connectivity index (χ1) is 10.2. The fourth-order valence-electron chi connectivity index (χ4n) is 2.02. The van der Waals surface area contributed by atoms with Crippen LogP contribution in [0.1, 0.15) is 30.4 Å². The highest BCUT2D eigenvalue weighted by Crippen LogP contribution is 2.16. The number of carbonyl (C=O) groups is 2. The standard InChI is InChI=1S/C18H18O3/c1-14(16-10-6-3-7-11-16)18(20)21-17(19)13-12-15-8-4-2-5-9-15/h2-11,14H,12-13H2,1H3. The van der Waals surface area contributed by atoms with Gasteiger partial charge in [0.25, 0.3) is 0 Å². The van der Waals surface area contributed by atoms with E-state index in [0.717, 1.165) is 11.1 Å². The summed E-state index contributed by atoms with van der Waals surface area (Å²) >= 11 is 0. The third-order valence-corrected chi connectivity index (χ3v) is 3.33. The van der Waals surface area contributed by atoms with E-state index in [0.29, 0.717) is 6.42 Å². The molecule has 1 unspecified atom stereocenters. The first-order valence-corrected chi connectivity index (χ1v) is 7.00. The second-order valence-electron chi connectivity index (χ2n) is 4.91. The van der Waals surface area contributed by atoms with Crippen LogP contribution in [0.2, 0.25) is 0 Å². The monoisotopic (exact) mass is 282 g/mol. The topological polar surface area (TPSA) is 43.4 Å². The van der Waals surface area contributed by atoms with Crippen LogP contribution in [0.3, 0.4) is 0 Å². The molecule has 0 amide bonds. The highest BCUT2D eigenvalue weighted by molar-refractivity contribution is 5.89. The fourth-order valence-corrected chi connectivity index (χ4v) is 2.02. The zero-order chi connectivity index (χ0) is 15.1. The molecule has 0 radical (unpaired) electrons. The van der Waals surface area contributed by atoms with Gasteiger partial charge >= 0.3 is 11.9 Å². The van der Waals surface area contributed by atoms with Gasteiger partial charge in [0.1, 0.15) is 0 Å². The van der Waals surface area contributed by atoms with E-state index < -0.39 is 17.9 Å². The molecule has 2 rings (SSSR count). The number of hydrogen-bond donors (Lipinski definition) is 0. The second kappa shape index (κ2) is 7.39. The minimum atomic E-state index is -0.501. The molecule has 0 fully saturated rings. The Morgan fingerprint density at radius 3 is 2.14 bits per heavy atom. The van der Waals surface area contributed by atoms with E-state index in [1.54, 1.807) is 6.92 Å². The van der Waals surface area contributed by atoms with Crippen molar-refractivity contribution < 1.29 is 14.3 Å². The van der Waals surface area contributed by atoms with E-state index in [1.807, 2.05) is 60.7 Å². The van der Waals surface area contributed by atoms with Crippen molar-refractivity contribution in [3.05, 3.63) is 71.8 Å². The lowest BCUT2D eigenvalue weighted by Gasteiger charge is -2.10. The van der Waals surface area contributed by atoms with Crippen molar-refractivity contribution in [3.8, 4) is 0 Å². The lowest BCUT2D eigenvalue weighted by atomic mass is 10.0. The number of ether oxygens (including phenoxy) is 1. The summed E-state index contributed by atoms with van der Waals surface area (Å²) in [4.78, 5) is 23.6. The largest absolute Gasteiger partial charge is 0.393 e. The van der Waals surface area contributed by atoms with Gasteiger partial charge in [-0.25, -0.2) is 0 Å². The van der Waals surface area contributed by atoms with Gasteiger partial charge < -0.3 is 4.74 Å². The van der Waals surface area contributed by atoms with E-state index in [1.165, 1.54) is 0 Å². The van der Waals surface area contributed by atoms with Crippen molar-refractivity contribution in [2.24, 2.45) is 0 Å². The predicted octanol–water partition coefficient (Wildman–Crippen LogP) is 3.49. The maximum Gasteiger partial charge on any atom is 0.320 e. The number of aryl methyl sites for hydroxylation is 1. The van der Waals surface area contributed by atoms with E-state index in [2.05, 4.69) is 0 Å². The van der Waals surface area contributed by atoms with Crippen molar-refractivity contribution in [3.63, 3.8) is 0 Å². The molecule has 1 atom stereocenters. The normalized spacial score (nSPS) is 11.7. The molecule has 0 N–H and O–H groups in total. The number of carbonyl (C=O) groups excluding carboxylic acids is 2. The van der Waals surface area contributed by atoms with Gasteiger partial charge in [-0.3, -0.25) is 9.59 Å². The highest BCUT2D eigenvalue weighted by Gasteiger charge is 2.19. The molecule has 0 spiro atoms. The molecule has 2 aromatic carbocycles. The molecule has 3 heteroatoms. The molecule has 0 bridgehead atoms. The van der Waals surface area contributed by atoms with Crippen LogP contribution in [0.15, 0.2) is 60.7 Å². The first kappa shape index (κ1) is 15.0. The number of esters is 2. The van der Waals surface area contributed by atoms with Crippen LogP contribution in [-0.4, -0.2) is 11.9 Å². The molecule has 0 aromatic heterocycles. The molecule has 0 saturated carbocycles. The maximum absolute atomic E-state index is 11.9. The second-order valence-corrected chi connectivity index (χ2v) is 4.91. The van der Waals surface area contributed by atoms with E-state index in [9.17, 15) is 9.59 Å². The Balaban J connectivity index is 1.83. The first-order valence-electron chi connectivity index (χ1n) is 7.00. The minimum Gasteiger partial charge on any atom is -0.393 e. The quantitative estimate of drug-likeness (QED) is 0.623. The van der Waals surface area contributed by atoms with Crippen LogP contribution in [0.25, 0.3) is 0 Å². The Morgan fingerprint density at radius 1 is 0.952 bits per heavy atom. The molecule has 0 saturated heterocycles. The highest BCUT2D eigenvalue weighted by atomic mass is 16.6. The molecular formula is C18H18O3. The number of benzene rings is 2. The summed E-state index contributed by atoms with van der Waals surface area (Å²) in [6, 6.07) is 18.9. The van der Waals surface area contributed by atoms with Gasteiger partial charge in [-0.1, -0.05) is 60.7 Å². The molecule has 0 aliphatic carbocycles.